The smallest absolute Gasteiger partial charge is 0.311 e. The van der Waals surface area contributed by atoms with Crippen molar-refractivity contribution in [3.63, 3.8) is 0 Å². The van der Waals surface area contributed by atoms with Crippen LogP contribution in [0.25, 0.3) is 0 Å². The second kappa shape index (κ2) is 16.0. The van der Waals surface area contributed by atoms with Crippen molar-refractivity contribution < 1.29 is 34.4 Å². The molecule has 1 unspecified atom stereocenters. The number of carbonyl (C=O) groups excluding carboxylic acids is 2. The first-order chi connectivity index (χ1) is 19.2. The number of ether oxygens (including phenoxy) is 2. The highest BCUT2D eigenvalue weighted by Crippen LogP contribution is 2.35. The van der Waals surface area contributed by atoms with Gasteiger partial charge in [-0.05, 0) is 75.0 Å². The summed E-state index contributed by atoms with van der Waals surface area (Å²) in [6.07, 6.45) is 10.0. The van der Waals surface area contributed by atoms with Crippen LogP contribution in [0.1, 0.15) is 100 Å². The zero-order valence-electron chi connectivity index (χ0n) is 26.4. The zero-order valence-corrected chi connectivity index (χ0v) is 26.4. The topological polar surface area (TPSA) is 113 Å². The van der Waals surface area contributed by atoms with Crippen LogP contribution in [-0.4, -0.2) is 57.3 Å². The van der Waals surface area contributed by atoms with E-state index in [1.54, 1.807) is 6.08 Å². The molecule has 2 heterocycles. The summed E-state index contributed by atoms with van der Waals surface area (Å²) in [7, 11) is 0. The van der Waals surface area contributed by atoms with Crippen molar-refractivity contribution in [3.8, 4) is 0 Å². The summed E-state index contributed by atoms with van der Waals surface area (Å²) in [4.78, 5) is 25.5. The lowest BCUT2D eigenvalue weighted by Crippen LogP contribution is -2.45. The van der Waals surface area contributed by atoms with Crippen LogP contribution in [0.4, 0.5) is 0 Å². The number of cyclic esters (lactones) is 1. The highest BCUT2D eigenvalue weighted by Gasteiger charge is 2.40. The number of hydrogen-bond acceptors (Lipinski definition) is 7. The molecule has 3 N–H and O–H groups in total. The van der Waals surface area contributed by atoms with E-state index < -0.39 is 42.1 Å². The van der Waals surface area contributed by atoms with E-state index in [-0.39, 0.29) is 36.4 Å². The average molecular weight is 575 g/mol. The first-order valence-electron chi connectivity index (χ1n) is 15.4. The number of fused-ring (bicyclic) bond motifs is 2. The largest absolute Gasteiger partial charge is 0.462 e. The predicted molar refractivity (Wildman–Crippen MR) is 162 cm³/mol. The number of Topliss-reactive ketones (excluding diaryl/α,β-unsaturated/α-hetero) is 1. The van der Waals surface area contributed by atoms with Crippen molar-refractivity contribution in [1.82, 2.24) is 0 Å². The molecule has 0 spiro atoms. The normalized spacial score (nSPS) is 36.5. The fourth-order valence-corrected chi connectivity index (χ4v) is 6.05. The third kappa shape index (κ3) is 10.6. The molecule has 0 fully saturated rings. The fraction of sp³-hybridized carbons (Fsp3) is 0.706. The van der Waals surface area contributed by atoms with E-state index in [4.69, 9.17) is 9.47 Å². The van der Waals surface area contributed by atoms with Gasteiger partial charge >= 0.3 is 5.97 Å². The molecule has 0 radical (unpaired) electrons. The molecular weight excluding hydrogens is 520 g/mol. The van der Waals surface area contributed by atoms with Crippen LogP contribution in [0.2, 0.25) is 0 Å². The van der Waals surface area contributed by atoms with Gasteiger partial charge in [-0.1, -0.05) is 65.0 Å². The van der Waals surface area contributed by atoms with Gasteiger partial charge in [0.25, 0.3) is 0 Å². The molecule has 0 saturated carbocycles. The van der Waals surface area contributed by atoms with Gasteiger partial charge in [-0.15, -0.1) is 0 Å². The van der Waals surface area contributed by atoms with E-state index in [0.717, 1.165) is 29.6 Å². The van der Waals surface area contributed by atoms with E-state index in [2.05, 4.69) is 6.08 Å². The van der Waals surface area contributed by atoms with E-state index >= 15 is 0 Å². The van der Waals surface area contributed by atoms with Crippen LogP contribution in [0.5, 0.6) is 0 Å². The Morgan fingerprint density at radius 2 is 1.80 bits per heavy atom. The van der Waals surface area contributed by atoms with Gasteiger partial charge < -0.3 is 24.8 Å². The summed E-state index contributed by atoms with van der Waals surface area (Å²) in [6.45, 7) is 15.3. The summed E-state index contributed by atoms with van der Waals surface area (Å²) >= 11 is 0. The summed E-state index contributed by atoms with van der Waals surface area (Å²) in [5.74, 6) is -2.98. The molecule has 232 valence electrons. The van der Waals surface area contributed by atoms with E-state index in [1.807, 2.05) is 73.6 Å². The number of esters is 1. The number of aliphatic hydroxyl groups excluding tert-OH is 2. The van der Waals surface area contributed by atoms with Crippen molar-refractivity contribution >= 4 is 11.8 Å². The third-order valence-electron chi connectivity index (χ3n) is 8.60. The van der Waals surface area contributed by atoms with E-state index in [1.165, 1.54) is 0 Å². The molecule has 0 amide bonds. The minimum absolute atomic E-state index is 0.0542. The van der Waals surface area contributed by atoms with Crippen molar-refractivity contribution in [2.24, 2.45) is 23.7 Å². The third-order valence-corrected chi connectivity index (χ3v) is 8.60. The van der Waals surface area contributed by atoms with Crippen LogP contribution >= 0.6 is 0 Å². The molecule has 0 aromatic rings. The average Bonchev–Trinajstić information content (AvgIpc) is 2.91. The molecule has 2 rings (SSSR count). The molecule has 9 atom stereocenters. The lowest BCUT2D eigenvalue weighted by atomic mass is 9.80. The first-order valence-corrected chi connectivity index (χ1v) is 15.4. The van der Waals surface area contributed by atoms with Gasteiger partial charge in [-0.25, -0.2) is 0 Å². The summed E-state index contributed by atoms with van der Waals surface area (Å²) in [5.41, 5.74) is 2.65. The Labute approximate surface area is 247 Å². The number of allylic oxidation sites excluding steroid dienone is 3. The predicted octanol–water partition coefficient (Wildman–Crippen LogP) is 5.98. The number of rotatable bonds is 6. The Kier molecular flexibility index (Phi) is 13.7. The quantitative estimate of drug-likeness (QED) is 0.203. The molecule has 41 heavy (non-hydrogen) atoms. The minimum atomic E-state index is -1.70. The second-order valence-corrected chi connectivity index (χ2v) is 12.6. The van der Waals surface area contributed by atoms with Gasteiger partial charge in [0.15, 0.2) is 11.6 Å². The Hall–Kier alpha value is -2.06. The van der Waals surface area contributed by atoms with Crippen LogP contribution in [0.3, 0.4) is 0 Å². The summed E-state index contributed by atoms with van der Waals surface area (Å²) in [6, 6.07) is 0. The first kappa shape index (κ1) is 35.1. The highest BCUT2D eigenvalue weighted by molar-refractivity contribution is 5.94. The van der Waals surface area contributed by atoms with Gasteiger partial charge in [0.05, 0.1) is 18.6 Å². The van der Waals surface area contributed by atoms with Crippen LogP contribution < -0.4 is 0 Å². The van der Waals surface area contributed by atoms with E-state index in [9.17, 15) is 24.9 Å². The van der Waals surface area contributed by atoms with Gasteiger partial charge in [0, 0.05) is 24.7 Å². The molecule has 2 bridgehead atoms. The van der Waals surface area contributed by atoms with Crippen LogP contribution in [0.15, 0.2) is 47.1 Å². The summed E-state index contributed by atoms with van der Waals surface area (Å²) in [5, 5.41) is 33.1. The Balaban J connectivity index is 2.38. The maximum Gasteiger partial charge on any atom is 0.311 e. The molecule has 2 aliphatic rings. The number of aliphatic hydroxyl groups is 3. The second-order valence-electron chi connectivity index (χ2n) is 12.6. The lowest BCUT2D eigenvalue weighted by Gasteiger charge is -2.38. The molecule has 7 nitrogen and oxygen atoms in total. The molecule has 0 aliphatic carbocycles. The van der Waals surface area contributed by atoms with Gasteiger partial charge in [0.2, 0.25) is 0 Å². The Morgan fingerprint density at radius 1 is 1.15 bits per heavy atom. The number of ketones is 1. The van der Waals surface area contributed by atoms with Crippen molar-refractivity contribution in [1.29, 1.82) is 0 Å². The van der Waals surface area contributed by atoms with Crippen molar-refractivity contribution in [2.45, 2.75) is 131 Å². The number of carbonyl (C=O) groups is 2. The lowest BCUT2D eigenvalue weighted by molar-refractivity contribution is -0.230. The van der Waals surface area contributed by atoms with Gasteiger partial charge in [-0.2, -0.15) is 0 Å². The summed E-state index contributed by atoms with van der Waals surface area (Å²) < 4.78 is 12.2. The monoisotopic (exact) mass is 574 g/mol. The standard InChI is InChI=1S/C34H54O7/c1-9-29(36)25(6)18-21(2)19-26(7)33-27(8)31(38)22(3)14-15-28(35)13-11-10-12-23(4)32-24(5)16-17-34(39,41-32)20-30(37)40-33/h12,14-16,18,21-22,26-28,31-33,35,38-39H,9-11,13,17,19-20H2,1-8H3/b15-14-,23-12-,25-18+/t21-,22-,26+,27+,28+,31?,32+,33+,34+/m0/s1. The van der Waals surface area contributed by atoms with Crippen LogP contribution in [-0.2, 0) is 19.1 Å². The van der Waals surface area contributed by atoms with Crippen molar-refractivity contribution in [3.05, 3.63) is 47.1 Å². The van der Waals surface area contributed by atoms with Crippen molar-refractivity contribution in [2.75, 3.05) is 0 Å². The SMILES string of the molecule is CCC(=O)/C(C)=C/[C@H](C)C[C@@H](C)[C@H]1OC(=O)C[C@@]2(O)CC=C(C)[C@H](O2)/C(C)=C\CCC[C@@H](O)/C=C\[C@H](C)C(O)[C@H]1C. The molecule has 0 aromatic heterocycles. The Morgan fingerprint density at radius 3 is 2.46 bits per heavy atom. The minimum Gasteiger partial charge on any atom is -0.462 e. The maximum atomic E-state index is 13.3. The Bertz CT molecular complexity index is 1010. The molecule has 0 aromatic carbocycles. The maximum absolute atomic E-state index is 13.3. The molecule has 2 aliphatic heterocycles. The molecule has 7 heteroatoms. The van der Waals surface area contributed by atoms with Gasteiger partial charge in [0.1, 0.15) is 12.2 Å². The molecule has 0 saturated heterocycles. The highest BCUT2D eigenvalue weighted by atomic mass is 16.6. The zero-order chi connectivity index (χ0) is 30.9. The molecular formula is C34H54O7. The fourth-order valence-electron chi connectivity index (χ4n) is 6.05. The van der Waals surface area contributed by atoms with E-state index in [0.29, 0.717) is 19.3 Å². The van der Waals surface area contributed by atoms with Crippen LogP contribution in [0, 0.1) is 23.7 Å². The van der Waals surface area contributed by atoms with Gasteiger partial charge in [-0.3, -0.25) is 9.59 Å². The number of hydrogen-bond donors (Lipinski definition) is 3.